The zero-order valence-corrected chi connectivity index (χ0v) is 16.4. The third-order valence-corrected chi connectivity index (χ3v) is 5.65. The highest BCUT2D eigenvalue weighted by molar-refractivity contribution is 6.10. The molecule has 2 aromatic carbocycles. The number of likely N-dealkylation sites (tertiary alicyclic amines) is 1. The maximum atomic E-state index is 7.68. The first-order valence-corrected chi connectivity index (χ1v) is 9.96. The molecular formula is C23H24N6. The minimum atomic E-state index is 0.828. The molecule has 0 saturated carbocycles. The van der Waals surface area contributed by atoms with Crippen molar-refractivity contribution in [2.24, 2.45) is 0 Å². The van der Waals surface area contributed by atoms with Crippen molar-refractivity contribution in [3.63, 3.8) is 0 Å². The third kappa shape index (κ3) is 3.21. The van der Waals surface area contributed by atoms with Crippen molar-refractivity contribution in [1.29, 1.82) is 5.41 Å². The van der Waals surface area contributed by atoms with E-state index in [2.05, 4.69) is 55.7 Å². The molecule has 0 bridgehead atoms. The Bertz CT molecular complexity index is 1220. The van der Waals surface area contributed by atoms with Gasteiger partial charge in [-0.05, 0) is 61.0 Å². The molecule has 4 N–H and O–H groups in total. The summed E-state index contributed by atoms with van der Waals surface area (Å²) in [7, 11) is 1.84. The van der Waals surface area contributed by atoms with Crippen LogP contribution in [0.15, 0.2) is 48.7 Å². The zero-order chi connectivity index (χ0) is 19.8. The van der Waals surface area contributed by atoms with Crippen molar-refractivity contribution in [3.8, 4) is 11.4 Å². The van der Waals surface area contributed by atoms with E-state index >= 15 is 0 Å². The van der Waals surface area contributed by atoms with Gasteiger partial charge in [0.05, 0.1) is 11.2 Å². The lowest BCUT2D eigenvalue weighted by Crippen LogP contribution is -2.36. The van der Waals surface area contributed by atoms with E-state index in [-0.39, 0.29) is 0 Å². The van der Waals surface area contributed by atoms with Gasteiger partial charge in [-0.25, -0.2) is 0 Å². The first kappa shape index (κ1) is 17.7. The van der Waals surface area contributed by atoms with E-state index in [0.717, 1.165) is 45.5 Å². The summed E-state index contributed by atoms with van der Waals surface area (Å²) in [6, 6.07) is 14.9. The van der Waals surface area contributed by atoms with Gasteiger partial charge in [-0.15, -0.1) is 0 Å². The van der Waals surface area contributed by atoms with Gasteiger partial charge in [-0.3, -0.25) is 10.00 Å². The molecule has 1 aliphatic rings. The number of hydrogen-bond acceptors (Lipinski definition) is 4. The minimum absolute atomic E-state index is 0.828. The number of hydrogen-bond donors (Lipinski definition) is 4. The van der Waals surface area contributed by atoms with Crippen molar-refractivity contribution < 1.29 is 0 Å². The van der Waals surface area contributed by atoms with Gasteiger partial charge in [-0.1, -0.05) is 12.1 Å². The van der Waals surface area contributed by atoms with Crippen molar-refractivity contribution in [2.45, 2.75) is 13.0 Å². The van der Waals surface area contributed by atoms with Crippen molar-refractivity contribution in [2.75, 3.05) is 20.1 Å². The molecule has 0 amide bonds. The highest BCUT2D eigenvalue weighted by atomic mass is 15.2. The summed E-state index contributed by atoms with van der Waals surface area (Å²) < 4.78 is 0. The van der Waals surface area contributed by atoms with E-state index in [0.29, 0.717) is 0 Å². The number of H-pyrrole nitrogens is 2. The van der Waals surface area contributed by atoms with Crippen LogP contribution in [-0.2, 0) is 6.54 Å². The van der Waals surface area contributed by atoms with Crippen LogP contribution >= 0.6 is 0 Å². The van der Waals surface area contributed by atoms with E-state index < -0.39 is 0 Å². The Hall–Kier alpha value is -3.38. The second-order valence-corrected chi connectivity index (χ2v) is 7.60. The van der Waals surface area contributed by atoms with Gasteiger partial charge in [-0.2, -0.15) is 5.10 Å². The van der Waals surface area contributed by atoms with Crippen LogP contribution in [0.3, 0.4) is 0 Å². The predicted molar refractivity (Wildman–Crippen MR) is 119 cm³/mol. The molecule has 1 fully saturated rings. The molecule has 0 spiro atoms. The maximum Gasteiger partial charge on any atom is 0.116 e. The summed E-state index contributed by atoms with van der Waals surface area (Å²) in [5.41, 5.74) is 7.16. The summed E-state index contributed by atoms with van der Waals surface area (Å²) in [6.45, 7) is 3.44. The molecule has 4 aromatic rings. The molecule has 6 heteroatoms. The molecule has 29 heavy (non-hydrogen) atoms. The van der Waals surface area contributed by atoms with Crippen LogP contribution in [0.1, 0.15) is 17.5 Å². The molecular weight excluding hydrogens is 360 g/mol. The zero-order valence-electron chi connectivity index (χ0n) is 16.4. The number of aromatic nitrogens is 3. The van der Waals surface area contributed by atoms with E-state index in [1.54, 1.807) is 0 Å². The molecule has 0 aliphatic carbocycles. The summed E-state index contributed by atoms with van der Waals surface area (Å²) in [5.74, 6) is 0. The molecule has 3 heterocycles. The Morgan fingerprint density at radius 3 is 2.79 bits per heavy atom. The van der Waals surface area contributed by atoms with Crippen molar-refractivity contribution in [1.82, 2.24) is 25.4 Å². The third-order valence-electron chi connectivity index (χ3n) is 5.65. The van der Waals surface area contributed by atoms with E-state index in [4.69, 9.17) is 5.41 Å². The second kappa shape index (κ2) is 7.22. The van der Waals surface area contributed by atoms with Gasteiger partial charge >= 0.3 is 0 Å². The fourth-order valence-corrected chi connectivity index (χ4v) is 3.97. The lowest BCUT2D eigenvalue weighted by atomic mass is 10.0. The van der Waals surface area contributed by atoms with E-state index in [1.807, 2.05) is 25.4 Å². The number of aromatic amines is 2. The van der Waals surface area contributed by atoms with Gasteiger partial charge in [0, 0.05) is 47.9 Å². The number of nitrogens with zero attached hydrogens (tertiary/aromatic N) is 2. The van der Waals surface area contributed by atoms with Gasteiger partial charge < -0.3 is 15.7 Å². The van der Waals surface area contributed by atoms with Gasteiger partial charge in [0.2, 0.25) is 0 Å². The normalized spacial score (nSPS) is 15.0. The van der Waals surface area contributed by atoms with Crippen LogP contribution in [0.5, 0.6) is 0 Å². The standard InChI is InChI=1S/C23H24N6/c1-25-13-18(12-24)16-4-6-21-19(10-16)23(28-27-21)22-11-17-9-15(3-5-20(17)26-22)14-29-7-2-8-29/h3-6,9-13,24-26H,2,7-8,14H2,1H3,(H,27,28)/b18-13+,24-12?. The fraction of sp³-hybridized carbons (Fsp3) is 0.217. The first-order valence-electron chi connectivity index (χ1n) is 9.96. The smallest absolute Gasteiger partial charge is 0.116 e. The largest absolute Gasteiger partial charge is 0.393 e. The topological polar surface area (TPSA) is 83.6 Å². The Morgan fingerprint density at radius 2 is 2.03 bits per heavy atom. The monoisotopic (exact) mass is 384 g/mol. The SMILES string of the molecule is CN/C=C(\C=N)c1ccc2[nH]nc(-c3cc4cc(CN5CCC5)ccc4[nH]3)c2c1. The summed E-state index contributed by atoms with van der Waals surface area (Å²) >= 11 is 0. The first-order chi connectivity index (χ1) is 14.2. The molecule has 1 saturated heterocycles. The van der Waals surface area contributed by atoms with Crippen LogP contribution in [-0.4, -0.2) is 46.4 Å². The van der Waals surface area contributed by atoms with Crippen LogP contribution in [0, 0.1) is 5.41 Å². The molecule has 146 valence electrons. The summed E-state index contributed by atoms with van der Waals surface area (Å²) in [4.78, 5) is 5.99. The molecule has 0 atom stereocenters. The molecule has 0 radical (unpaired) electrons. The Morgan fingerprint density at radius 1 is 1.17 bits per heavy atom. The Balaban J connectivity index is 1.54. The van der Waals surface area contributed by atoms with Crippen molar-refractivity contribution >= 4 is 33.6 Å². The highest BCUT2D eigenvalue weighted by Gasteiger charge is 2.15. The van der Waals surface area contributed by atoms with E-state index in [9.17, 15) is 0 Å². The average Bonchev–Trinajstić information content (AvgIpc) is 3.31. The molecule has 0 unspecified atom stereocenters. The van der Waals surface area contributed by atoms with Crippen LogP contribution < -0.4 is 5.32 Å². The summed E-state index contributed by atoms with van der Waals surface area (Å²) in [6.07, 6.45) is 4.50. The number of allylic oxidation sites excluding steroid dienone is 1. The Kier molecular flexibility index (Phi) is 4.41. The lowest BCUT2D eigenvalue weighted by molar-refractivity contribution is 0.172. The second-order valence-electron chi connectivity index (χ2n) is 7.60. The van der Waals surface area contributed by atoms with Gasteiger partial charge in [0.15, 0.2) is 0 Å². The number of rotatable bonds is 6. The highest BCUT2D eigenvalue weighted by Crippen LogP contribution is 2.31. The van der Waals surface area contributed by atoms with Gasteiger partial charge in [0.25, 0.3) is 0 Å². The lowest BCUT2D eigenvalue weighted by Gasteiger charge is -2.30. The average molecular weight is 384 g/mol. The van der Waals surface area contributed by atoms with Crippen LogP contribution in [0.2, 0.25) is 0 Å². The van der Waals surface area contributed by atoms with Crippen LogP contribution in [0.25, 0.3) is 38.8 Å². The predicted octanol–water partition coefficient (Wildman–Crippen LogP) is 4.13. The van der Waals surface area contributed by atoms with Crippen LogP contribution in [0.4, 0.5) is 0 Å². The van der Waals surface area contributed by atoms with Gasteiger partial charge in [0.1, 0.15) is 5.69 Å². The van der Waals surface area contributed by atoms with E-state index in [1.165, 1.54) is 36.7 Å². The molecule has 5 rings (SSSR count). The number of fused-ring (bicyclic) bond motifs is 2. The maximum absolute atomic E-state index is 7.68. The molecule has 2 aromatic heterocycles. The molecule has 1 aliphatic heterocycles. The van der Waals surface area contributed by atoms with Crippen molar-refractivity contribution in [3.05, 3.63) is 59.8 Å². The summed E-state index contributed by atoms with van der Waals surface area (Å²) in [5, 5.41) is 20.6. The molecule has 6 nitrogen and oxygen atoms in total. The Labute approximate surface area is 169 Å². The minimum Gasteiger partial charge on any atom is -0.393 e. The number of nitrogens with one attached hydrogen (secondary N) is 4. The fourth-order valence-electron chi connectivity index (χ4n) is 3.97. The quantitative estimate of drug-likeness (QED) is 0.377. The number of benzene rings is 2.